The van der Waals surface area contributed by atoms with Gasteiger partial charge in [0.25, 0.3) is 5.91 Å². The summed E-state index contributed by atoms with van der Waals surface area (Å²) in [7, 11) is 0. The highest BCUT2D eigenvalue weighted by Gasteiger charge is 2.20. The van der Waals surface area contributed by atoms with Gasteiger partial charge in [-0.15, -0.1) is 0 Å². The van der Waals surface area contributed by atoms with Gasteiger partial charge < -0.3 is 23.9 Å². The molecule has 1 N–H and O–H groups in total. The first-order valence-electron chi connectivity index (χ1n) is 8.99. The van der Waals surface area contributed by atoms with Crippen LogP contribution in [0.5, 0.6) is 11.5 Å². The zero-order chi connectivity index (χ0) is 20.2. The molecule has 0 fully saturated rings. The summed E-state index contributed by atoms with van der Waals surface area (Å²) in [6, 6.07) is 14.2. The van der Waals surface area contributed by atoms with E-state index >= 15 is 0 Å². The number of carbonyl (C=O) groups is 2. The van der Waals surface area contributed by atoms with Gasteiger partial charge in [-0.2, -0.15) is 0 Å². The Morgan fingerprint density at radius 3 is 2.62 bits per heavy atom. The summed E-state index contributed by atoms with van der Waals surface area (Å²) in [6.07, 6.45) is 0. The zero-order valence-electron chi connectivity index (χ0n) is 15.6. The molecular weight excluding hydrogens is 376 g/mol. The van der Waals surface area contributed by atoms with E-state index in [0.717, 1.165) is 5.56 Å². The standard InChI is InChI=1S/C21H18N2O6/c1-13-19(23-20(29-13)14-5-3-2-4-6-14)21(25)28-12-18(24)22-15-7-8-16-17(11-15)27-10-9-26-16/h2-8,11H,9-10,12H2,1H3,(H,22,24). The molecule has 148 valence electrons. The summed E-state index contributed by atoms with van der Waals surface area (Å²) < 4.78 is 21.5. The van der Waals surface area contributed by atoms with Gasteiger partial charge in [0.2, 0.25) is 5.89 Å². The second kappa shape index (κ2) is 8.05. The monoisotopic (exact) mass is 394 g/mol. The Labute approximate surface area is 166 Å². The molecule has 0 saturated carbocycles. The number of anilines is 1. The van der Waals surface area contributed by atoms with Crippen molar-refractivity contribution in [2.45, 2.75) is 6.92 Å². The maximum absolute atomic E-state index is 12.3. The van der Waals surface area contributed by atoms with Crippen LogP contribution in [0.15, 0.2) is 52.9 Å². The molecule has 2 heterocycles. The second-order valence-corrected chi connectivity index (χ2v) is 6.27. The van der Waals surface area contributed by atoms with Crippen LogP contribution >= 0.6 is 0 Å². The Bertz CT molecular complexity index is 1040. The highest BCUT2D eigenvalue weighted by atomic mass is 16.6. The van der Waals surface area contributed by atoms with Gasteiger partial charge in [-0.25, -0.2) is 9.78 Å². The molecule has 8 nitrogen and oxygen atoms in total. The molecule has 1 aliphatic heterocycles. The molecule has 3 aromatic rings. The number of aromatic nitrogens is 1. The van der Waals surface area contributed by atoms with Crippen LogP contribution in [0.25, 0.3) is 11.5 Å². The minimum Gasteiger partial charge on any atom is -0.486 e. The van der Waals surface area contributed by atoms with Crippen molar-refractivity contribution in [3.05, 3.63) is 60.0 Å². The highest BCUT2D eigenvalue weighted by molar-refractivity contribution is 5.95. The molecule has 0 spiro atoms. The van der Waals surface area contributed by atoms with E-state index in [1.54, 1.807) is 25.1 Å². The topological polar surface area (TPSA) is 99.9 Å². The van der Waals surface area contributed by atoms with E-state index in [9.17, 15) is 9.59 Å². The van der Waals surface area contributed by atoms with Gasteiger partial charge in [0, 0.05) is 17.3 Å². The molecule has 29 heavy (non-hydrogen) atoms. The van der Waals surface area contributed by atoms with E-state index in [4.69, 9.17) is 18.6 Å². The predicted octanol–water partition coefficient (Wildman–Crippen LogP) is 3.22. The second-order valence-electron chi connectivity index (χ2n) is 6.27. The lowest BCUT2D eigenvalue weighted by Crippen LogP contribution is -2.21. The third-order valence-electron chi connectivity index (χ3n) is 4.17. The molecular formula is C21H18N2O6. The van der Waals surface area contributed by atoms with Gasteiger partial charge in [-0.3, -0.25) is 4.79 Å². The number of amides is 1. The summed E-state index contributed by atoms with van der Waals surface area (Å²) in [5, 5.41) is 2.65. The number of ether oxygens (including phenoxy) is 3. The summed E-state index contributed by atoms with van der Waals surface area (Å²) >= 11 is 0. The minimum absolute atomic E-state index is 0.0379. The highest BCUT2D eigenvalue weighted by Crippen LogP contribution is 2.32. The van der Waals surface area contributed by atoms with E-state index in [2.05, 4.69) is 10.3 Å². The molecule has 1 amide bonds. The molecule has 0 unspecified atom stereocenters. The van der Waals surface area contributed by atoms with Crippen molar-refractivity contribution in [3.63, 3.8) is 0 Å². The maximum Gasteiger partial charge on any atom is 0.361 e. The van der Waals surface area contributed by atoms with E-state index in [1.807, 2.05) is 30.3 Å². The molecule has 8 heteroatoms. The summed E-state index contributed by atoms with van der Waals surface area (Å²) in [5.74, 6) is 0.594. The number of carbonyl (C=O) groups excluding carboxylic acids is 2. The summed E-state index contributed by atoms with van der Waals surface area (Å²) in [4.78, 5) is 28.6. The van der Waals surface area contributed by atoms with Crippen LogP contribution in [0.2, 0.25) is 0 Å². The van der Waals surface area contributed by atoms with Crippen molar-refractivity contribution in [1.82, 2.24) is 4.98 Å². The number of esters is 1. The van der Waals surface area contributed by atoms with Crippen molar-refractivity contribution < 1.29 is 28.2 Å². The quantitative estimate of drug-likeness (QED) is 0.663. The predicted molar refractivity (Wildman–Crippen MR) is 103 cm³/mol. The number of hydrogen-bond donors (Lipinski definition) is 1. The Kier molecular flexibility index (Phi) is 5.15. The van der Waals surface area contributed by atoms with E-state index in [-0.39, 0.29) is 5.69 Å². The van der Waals surface area contributed by atoms with Crippen LogP contribution in [-0.4, -0.2) is 36.7 Å². The number of rotatable bonds is 5. The first-order valence-corrected chi connectivity index (χ1v) is 8.99. The van der Waals surface area contributed by atoms with Crippen molar-refractivity contribution >= 4 is 17.6 Å². The van der Waals surface area contributed by atoms with E-state index < -0.39 is 18.5 Å². The molecule has 0 radical (unpaired) electrons. The normalized spacial score (nSPS) is 12.3. The maximum atomic E-state index is 12.3. The number of fused-ring (bicyclic) bond motifs is 1. The van der Waals surface area contributed by atoms with Gasteiger partial charge in [0.05, 0.1) is 0 Å². The average Bonchev–Trinajstić information content (AvgIpc) is 3.14. The Morgan fingerprint density at radius 2 is 1.83 bits per heavy atom. The van der Waals surface area contributed by atoms with Crippen molar-refractivity contribution in [2.24, 2.45) is 0 Å². The van der Waals surface area contributed by atoms with Gasteiger partial charge in [0.1, 0.15) is 19.0 Å². The number of nitrogens with zero attached hydrogens (tertiary/aromatic N) is 1. The molecule has 1 aromatic heterocycles. The molecule has 2 aromatic carbocycles. The lowest BCUT2D eigenvalue weighted by Gasteiger charge is -2.18. The van der Waals surface area contributed by atoms with E-state index in [1.165, 1.54) is 0 Å². The van der Waals surface area contributed by atoms with Crippen molar-refractivity contribution in [3.8, 4) is 23.0 Å². The molecule has 1 aliphatic rings. The van der Waals surface area contributed by atoms with E-state index in [0.29, 0.717) is 42.1 Å². The number of oxazole rings is 1. The Hall–Kier alpha value is -3.81. The lowest BCUT2D eigenvalue weighted by atomic mass is 10.2. The third kappa shape index (κ3) is 4.21. The largest absolute Gasteiger partial charge is 0.486 e. The molecule has 4 rings (SSSR count). The number of nitrogens with one attached hydrogen (secondary N) is 1. The van der Waals surface area contributed by atoms with Gasteiger partial charge in [-0.05, 0) is 31.2 Å². The van der Waals surface area contributed by atoms with Crippen molar-refractivity contribution in [1.29, 1.82) is 0 Å². The Morgan fingerprint density at radius 1 is 1.07 bits per heavy atom. The van der Waals surface area contributed by atoms with Gasteiger partial charge in [0.15, 0.2) is 23.8 Å². The summed E-state index contributed by atoms with van der Waals surface area (Å²) in [6.45, 7) is 2.09. The fourth-order valence-corrected chi connectivity index (χ4v) is 2.81. The first-order chi connectivity index (χ1) is 14.1. The minimum atomic E-state index is -0.731. The van der Waals surface area contributed by atoms with Crippen LogP contribution < -0.4 is 14.8 Å². The zero-order valence-corrected chi connectivity index (χ0v) is 15.6. The fourth-order valence-electron chi connectivity index (χ4n) is 2.81. The van der Waals surface area contributed by atoms with Crippen LogP contribution in [0, 0.1) is 6.92 Å². The number of benzene rings is 2. The van der Waals surface area contributed by atoms with Gasteiger partial charge >= 0.3 is 5.97 Å². The lowest BCUT2D eigenvalue weighted by molar-refractivity contribution is -0.119. The third-order valence-corrected chi connectivity index (χ3v) is 4.17. The molecule has 0 saturated heterocycles. The number of hydrogen-bond acceptors (Lipinski definition) is 7. The fraction of sp³-hybridized carbons (Fsp3) is 0.190. The summed E-state index contributed by atoms with van der Waals surface area (Å²) in [5.41, 5.74) is 1.29. The van der Waals surface area contributed by atoms with Crippen molar-refractivity contribution in [2.75, 3.05) is 25.1 Å². The molecule has 0 aliphatic carbocycles. The van der Waals surface area contributed by atoms with Crippen LogP contribution in [0.3, 0.4) is 0 Å². The number of aryl methyl sites for hydroxylation is 1. The Balaban J connectivity index is 1.36. The van der Waals surface area contributed by atoms with Gasteiger partial charge in [-0.1, -0.05) is 18.2 Å². The SMILES string of the molecule is Cc1oc(-c2ccccc2)nc1C(=O)OCC(=O)Nc1ccc2c(c1)OCCO2. The first kappa shape index (κ1) is 18.5. The molecule has 0 atom stereocenters. The molecule has 0 bridgehead atoms. The van der Waals surface area contributed by atoms with Crippen LogP contribution in [0.4, 0.5) is 5.69 Å². The van der Waals surface area contributed by atoms with Crippen LogP contribution in [0.1, 0.15) is 16.2 Å². The smallest absolute Gasteiger partial charge is 0.361 e. The van der Waals surface area contributed by atoms with Crippen LogP contribution in [-0.2, 0) is 9.53 Å². The average molecular weight is 394 g/mol.